The van der Waals surface area contributed by atoms with Crippen molar-refractivity contribution < 1.29 is 23.9 Å². The molecule has 2 aromatic carbocycles. The Morgan fingerprint density at radius 3 is 2.15 bits per heavy atom. The number of hydrogen-bond donors (Lipinski definition) is 3. The lowest BCUT2D eigenvalue weighted by Gasteiger charge is -2.09. The Morgan fingerprint density at radius 2 is 1.52 bits per heavy atom. The number of benzene rings is 2. The third-order valence-electron chi connectivity index (χ3n) is 3.77. The van der Waals surface area contributed by atoms with Gasteiger partial charge in [-0.15, -0.1) is 0 Å². The molecule has 0 aliphatic carbocycles. The quantitative estimate of drug-likeness (QED) is 0.621. The highest BCUT2D eigenvalue weighted by Gasteiger charge is 2.13. The second-order valence-electron chi connectivity index (χ2n) is 5.70. The summed E-state index contributed by atoms with van der Waals surface area (Å²) in [5, 5.41) is 14.5. The molecule has 1 aromatic heterocycles. The van der Waals surface area contributed by atoms with Gasteiger partial charge in [0.05, 0.1) is 18.2 Å². The third kappa shape index (κ3) is 4.60. The summed E-state index contributed by atoms with van der Waals surface area (Å²) in [5.41, 5.74) is 1.61. The molecule has 136 valence electrons. The second kappa shape index (κ2) is 8.01. The Morgan fingerprint density at radius 1 is 0.852 bits per heavy atom. The monoisotopic (exact) mass is 364 g/mol. The first-order valence-corrected chi connectivity index (χ1v) is 8.09. The SMILES string of the molecule is O=C(Cc1ccccc1C(=O)O)Nc1ccc(NC(=O)c2ccco2)cc1. The summed E-state index contributed by atoms with van der Waals surface area (Å²) >= 11 is 0. The lowest BCUT2D eigenvalue weighted by Crippen LogP contribution is -2.16. The first-order valence-electron chi connectivity index (χ1n) is 8.09. The predicted molar refractivity (Wildman–Crippen MR) is 98.8 cm³/mol. The predicted octanol–water partition coefficient (Wildman–Crippen LogP) is 3.41. The first kappa shape index (κ1) is 17.9. The zero-order valence-corrected chi connectivity index (χ0v) is 14.1. The number of anilines is 2. The van der Waals surface area contributed by atoms with Crippen LogP contribution in [0.1, 0.15) is 26.5 Å². The molecule has 0 fully saturated rings. The number of aromatic carboxylic acids is 1. The molecular weight excluding hydrogens is 348 g/mol. The van der Waals surface area contributed by atoms with Crippen molar-refractivity contribution in [1.82, 2.24) is 0 Å². The lowest BCUT2D eigenvalue weighted by molar-refractivity contribution is -0.115. The van der Waals surface area contributed by atoms with E-state index in [4.69, 9.17) is 9.52 Å². The van der Waals surface area contributed by atoms with Crippen LogP contribution in [0.15, 0.2) is 71.3 Å². The highest BCUT2D eigenvalue weighted by Crippen LogP contribution is 2.16. The molecule has 3 rings (SSSR count). The fraction of sp³-hybridized carbons (Fsp3) is 0.0500. The minimum absolute atomic E-state index is 0.0561. The van der Waals surface area contributed by atoms with Crippen molar-refractivity contribution in [2.24, 2.45) is 0 Å². The van der Waals surface area contributed by atoms with Crippen LogP contribution in [0.3, 0.4) is 0 Å². The Hall–Kier alpha value is -3.87. The van der Waals surface area contributed by atoms with Gasteiger partial charge in [-0.2, -0.15) is 0 Å². The van der Waals surface area contributed by atoms with Crippen LogP contribution in [0.25, 0.3) is 0 Å². The molecule has 1 heterocycles. The van der Waals surface area contributed by atoms with Crippen molar-refractivity contribution in [3.05, 3.63) is 83.8 Å². The van der Waals surface area contributed by atoms with Gasteiger partial charge in [-0.1, -0.05) is 18.2 Å². The van der Waals surface area contributed by atoms with E-state index in [2.05, 4.69) is 10.6 Å². The number of carboxylic acids is 1. The minimum Gasteiger partial charge on any atom is -0.478 e. The van der Waals surface area contributed by atoms with E-state index in [1.165, 1.54) is 12.3 Å². The standard InChI is InChI=1S/C20H16N2O5/c23-18(12-13-4-1-2-5-16(13)20(25)26)21-14-7-9-15(10-8-14)22-19(24)17-6-3-11-27-17/h1-11H,12H2,(H,21,23)(H,22,24)(H,25,26). The number of hydrogen-bond acceptors (Lipinski definition) is 4. The summed E-state index contributed by atoms with van der Waals surface area (Å²) in [5.74, 6) is -1.59. The molecule has 0 unspecified atom stereocenters. The van der Waals surface area contributed by atoms with Crippen LogP contribution < -0.4 is 10.6 Å². The van der Waals surface area contributed by atoms with Gasteiger partial charge in [0.1, 0.15) is 0 Å². The molecule has 0 radical (unpaired) electrons. The molecule has 3 N–H and O–H groups in total. The maximum atomic E-state index is 12.2. The van der Waals surface area contributed by atoms with Gasteiger partial charge < -0.3 is 20.2 Å². The fourth-order valence-electron chi connectivity index (χ4n) is 2.50. The van der Waals surface area contributed by atoms with Gasteiger partial charge in [-0.3, -0.25) is 9.59 Å². The fourth-order valence-corrected chi connectivity index (χ4v) is 2.50. The highest BCUT2D eigenvalue weighted by atomic mass is 16.4. The summed E-state index contributed by atoms with van der Waals surface area (Å²) < 4.78 is 5.02. The lowest BCUT2D eigenvalue weighted by atomic mass is 10.0. The maximum Gasteiger partial charge on any atom is 0.335 e. The van der Waals surface area contributed by atoms with E-state index < -0.39 is 5.97 Å². The topological polar surface area (TPSA) is 109 Å². The Bertz CT molecular complexity index is 962. The summed E-state index contributed by atoms with van der Waals surface area (Å²) in [4.78, 5) is 35.3. The normalized spacial score (nSPS) is 10.2. The van der Waals surface area contributed by atoms with Crippen LogP contribution in [0, 0.1) is 0 Å². The average Bonchev–Trinajstić information content (AvgIpc) is 3.18. The highest BCUT2D eigenvalue weighted by molar-refractivity contribution is 6.02. The molecule has 2 amide bonds. The smallest absolute Gasteiger partial charge is 0.335 e. The van der Waals surface area contributed by atoms with Gasteiger partial charge in [0, 0.05) is 11.4 Å². The van der Waals surface area contributed by atoms with Gasteiger partial charge in [-0.05, 0) is 48.0 Å². The molecule has 7 nitrogen and oxygen atoms in total. The van der Waals surface area contributed by atoms with Crippen LogP contribution in [0.4, 0.5) is 11.4 Å². The first-order chi connectivity index (χ1) is 13.0. The Balaban J connectivity index is 1.60. The zero-order valence-electron chi connectivity index (χ0n) is 14.1. The van der Waals surface area contributed by atoms with Crippen LogP contribution in [0.2, 0.25) is 0 Å². The molecule has 0 aliphatic heterocycles. The van der Waals surface area contributed by atoms with E-state index in [1.807, 2.05) is 0 Å². The van der Waals surface area contributed by atoms with E-state index in [1.54, 1.807) is 54.6 Å². The number of nitrogens with one attached hydrogen (secondary N) is 2. The van der Waals surface area contributed by atoms with Gasteiger partial charge in [0.15, 0.2) is 5.76 Å². The minimum atomic E-state index is -1.07. The van der Waals surface area contributed by atoms with Crippen molar-refractivity contribution in [1.29, 1.82) is 0 Å². The summed E-state index contributed by atoms with van der Waals surface area (Å²) in [6, 6.07) is 16.1. The van der Waals surface area contributed by atoms with E-state index >= 15 is 0 Å². The number of rotatable bonds is 6. The van der Waals surface area contributed by atoms with E-state index in [9.17, 15) is 14.4 Å². The summed E-state index contributed by atoms with van der Waals surface area (Å²) in [7, 11) is 0. The van der Waals surface area contributed by atoms with Crippen molar-refractivity contribution in [2.45, 2.75) is 6.42 Å². The van der Waals surface area contributed by atoms with Crippen molar-refractivity contribution in [3.8, 4) is 0 Å². The Labute approximate surface area is 154 Å². The number of carboxylic acid groups (broad SMARTS) is 1. The van der Waals surface area contributed by atoms with E-state index in [-0.39, 0.29) is 29.6 Å². The number of carbonyl (C=O) groups excluding carboxylic acids is 2. The van der Waals surface area contributed by atoms with Crippen LogP contribution in [-0.2, 0) is 11.2 Å². The van der Waals surface area contributed by atoms with E-state index in [0.29, 0.717) is 16.9 Å². The van der Waals surface area contributed by atoms with Gasteiger partial charge in [0.2, 0.25) is 5.91 Å². The molecule has 0 aliphatic rings. The second-order valence-corrected chi connectivity index (χ2v) is 5.70. The molecule has 0 atom stereocenters. The summed E-state index contributed by atoms with van der Waals surface area (Å²) in [6.07, 6.45) is 1.36. The third-order valence-corrected chi connectivity index (χ3v) is 3.77. The van der Waals surface area contributed by atoms with Crippen LogP contribution in [-0.4, -0.2) is 22.9 Å². The van der Waals surface area contributed by atoms with Gasteiger partial charge in [-0.25, -0.2) is 4.79 Å². The largest absolute Gasteiger partial charge is 0.478 e. The van der Waals surface area contributed by atoms with E-state index in [0.717, 1.165) is 0 Å². The molecule has 0 bridgehead atoms. The average molecular weight is 364 g/mol. The number of carbonyl (C=O) groups is 3. The molecule has 27 heavy (non-hydrogen) atoms. The molecular formula is C20H16N2O5. The van der Waals surface area contributed by atoms with Crippen molar-refractivity contribution in [3.63, 3.8) is 0 Å². The van der Waals surface area contributed by atoms with Crippen molar-refractivity contribution in [2.75, 3.05) is 10.6 Å². The van der Waals surface area contributed by atoms with Crippen LogP contribution >= 0.6 is 0 Å². The Kier molecular flexibility index (Phi) is 5.32. The molecule has 0 spiro atoms. The maximum absolute atomic E-state index is 12.2. The van der Waals surface area contributed by atoms with Crippen LogP contribution in [0.5, 0.6) is 0 Å². The van der Waals surface area contributed by atoms with Crippen molar-refractivity contribution >= 4 is 29.2 Å². The van der Waals surface area contributed by atoms with Gasteiger partial charge >= 0.3 is 5.97 Å². The molecule has 0 saturated carbocycles. The number of amides is 2. The zero-order chi connectivity index (χ0) is 19.2. The molecule has 3 aromatic rings. The molecule has 7 heteroatoms. The molecule has 0 saturated heterocycles. The summed E-state index contributed by atoms with van der Waals surface area (Å²) in [6.45, 7) is 0. The number of furan rings is 1. The van der Waals surface area contributed by atoms with Gasteiger partial charge in [0.25, 0.3) is 5.91 Å².